The average molecular weight is 355 g/mol. The van der Waals surface area contributed by atoms with Crippen LogP contribution in [0.15, 0.2) is 54.7 Å². The Morgan fingerprint density at radius 3 is 2.63 bits per heavy atom. The number of nitrogens with one attached hydrogen (secondary N) is 1. The molecule has 0 aliphatic heterocycles. The van der Waals surface area contributed by atoms with Crippen LogP contribution in [0.3, 0.4) is 0 Å². The summed E-state index contributed by atoms with van der Waals surface area (Å²) in [4.78, 5) is 14.3. The summed E-state index contributed by atoms with van der Waals surface area (Å²) in [6.45, 7) is 0. The monoisotopic (exact) mass is 355 g/mol. The fourth-order valence-corrected chi connectivity index (χ4v) is 4.21. The highest BCUT2D eigenvalue weighted by molar-refractivity contribution is 5.80. The van der Waals surface area contributed by atoms with Crippen molar-refractivity contribution in [3.8, 4) is 0 Å². The molecule has 134 valence electrons. The fraction of sp³-hybridized carbons (Fsp3) is 0.318. The van der Waals surface area contributed by atoms with E-state index in [9.17, 15) is 0 Å². The molecule has 3 heterocycles. The average Bonchev–Trinajstić information content (AvgIpc) is 3.45. The van der Waals surface area contributed by atoms with Crippen molar-refractivity contribution in [2.75, 3.05) is 5.32 Å². The van der Waals surface area contributed by atoms with E-state index in [1.807, 2.05) is 18.3 Å². The van der Waals surface area contributed by atoms with E-state index in [0.717, 1.165) is 35.3 Å². The summed E-state index contributed by atoms with van der Waals surface area (Å²) in [5, 5.41) is 4.79. The third-order valence-corrected chi connectivity index (χ3v) is 5.85. The Hall–Kier alpha value is -2.95. The zero-order chi connectivity index (χ0) is 17.8. The van der Waals surface area contributed by atoms with Gasteiger partial charge in [-0.1, -0.05) is 18.2 Å². The second-order valence-corrected chi connectivity index (χ2v) is 7.82. The molecule has 0 unspecified atom stereocenters. The minimum absolute atomic E-state index is 0.455. The first-order valence-electron chi connectivity index (χ1n) is 9.80. The maximum absolute atomic E-state index is 4.89. The van der Waals surface area contributed by atoms with Gasteiger partial charge in [0.05, 0.1) is 5.52 Å². The summed E-state index contributed by atoms with van der Waals surface area (Å²) < 4.78 is 2.42. The number of hydrogen-bond acceptors (Lipinski definition) is 4. The van der Waals surface area contributed by atoms with E-state index in [2.05, 4.69) is 51.3 Å². The molecule has 0 bridgehead atoms. The molecular weight excluding hydrogens is 334 g/mol. The van der Waals surface area contributed by atoms with Crippen LogP contribution in [0.4, 0.5) is 5.82 Å². The Morgan fingerprint density at radius 1 is 0.889 bits per heavy atom. The summed E-state index contributed by atoms with van der Waals surface area (Å²) in [6, 6.07) is 17.5. The number of imidazole rings is 1. The quantitative estimate of drug-likeness (QED) is 0.578. The van der Waals surface area contributed by atoms with Crippen molar-refractivity contribution in [2.45, 2.75) is 43.7 Å². The van der Waals surface area contributed by atoms with Crippen molar-refractivity contribution < 1.29 is 0 Å². The van der Waals surface area contributed by atoms with Gasteiger partial charge in [0.1, 0.15) is 17.2 Å². The Morgan fingerprint density at radius 2 is 1.74 bits per heavy atom. The lowest BCUT2D eigenvalue weighted by atomic mass is 9.86. The molecule has 2 saturated carbocycles. The number of rotatable bonds is 4. The smallest absolute Gasteiger partial charge is 0.160 e. The lowest BCUT2D eigenvalue weighted by Gasteiger charge is -2.38. The van der Waals surface area contributed by atoms with Crippen molar-refractivity contribution in [2.24, 2.45) is 0 Å². The molecule has 2 aliphatic carbocycles. The molecule has 6 rings (SSSR count). The lowest BCUT2D eigenvalue weighted by Crippen LogP contribution is -2.37. The number of aromatic nitrogens is 4. The van der Waals surface area contributed by atoms with Gasteiger partial charge in [0, 0.05) is 29.6 Å². The largest absolute Gasteiger partial charge is 0.367 e. The van der Waals surface area contributed by atoms with Crippen LogP contribution in [0, 0.1) is 0 Å². The number of benzene rings is 1. The van der Waals surface area contributed by atoms with Crippen LogP contribution in [0.25, 0.3) is 22.1 Å². The lowest BCUT2D eigenvalue weighted by molar-refractivity contribution is 0.281. The summed E-state index contributed by atoms with van der Waals surface area (Å²) in [5.41, 5.74) is 3.12. The number of hydrogen-bond donors (Lipinski definition) is 1. The Labute approximate surface area is 157 Å². The summed E-state index contributed by atoms with van der Waals surface area (Å²) in [7, 11) is 0. The van der Waals surface area contributed by atoms with Crippen LogP contribution in [0.2, 0.25) is 0 Å². The number of anilines is 1. The third kappa shape index (κ3) is 2.57. The molecule has 2 aliphatic rings. The molecule has 27 heavy (non-hydrogen) atoms. The van der Waals surface area contributed by atoms with Gasteiger partial charge >= 0.3 is 0 Å². The van der Waals surface area contributed by atoms with Crippen molar-refractivity contribution in [1.82, 2.24) is 19.5 Å². The number of fused-ring (bicyclic) bond motifs is 2. The van der Waals surface area contributed by atoms with E-state index in [1.54, 1.807) is 0 Å². The summed E-state index contributed by atoms with van der Waals surface area (Å²) in [5.74, 6) is 2.84. The highest BCUT2D eigenvalue weighted by Gasteiger charge is 2.37. The van der Waals surface area contributed by atoms with Crippen LogP contribution in [0.1, 0.15) is 43.5 Å². The standard InChI is InChI=1S/C22H21N5/c1-2-5-18-14(4-1)9-10-20(25-18)24-16-12-17(13-16)27-21(15-7-8-15)26-19-6-3-11-23-22(19)27/h1-6,9-11,15-17H,7-8,12-13H2,(H,24,25)/t16-,17-. The number of pyridine rings is 2. The van der Waals surface area contributed by atoms with Gasteiger partial charge in [-0.3, -0.25) is 0 Å². The molecule has 0 radical (unpaired) electrons. The van der Waals surface area contributed by atoms with Crippen LogP contribution in [-0.4, -0.2) is 25.6 Å². The highest BCUT2D eigenvalue weighted by Crippen LogP contribution is 2.45. The van der Waals surface area contributed by atoms with Gasteiger partial charge in [0.2, 0.25) is 0 Å². The van der Waals surface area contributed by atoms with Gasteiger partial charge in [0.15, 0.2) is 5.65 Å². The van der Waals surface area contributed by atoms with Crippen LogP contribution >= 0.6 is 0 Å². The number of nitrogens with zero attached hydrogens (tertiary/aromatic N) is 4. The molecule has 1 aromatic carbocycles. The maximum Gasteiger partial charge on any atom is 0.160 e. The molecule has 5 heteroatoms. The highest BCUT2D eigenvalue weighted by atomic mass is 15.2. The second-order valence-electron chi connectivity index (χ2n) is 7.82. The van der Waals surface area contributed by atoms with Crippen molar-refractivity contribution >= 4 is 27.9 Å². The van der Waals surface area contributed by atoms with Gasteiger partial charge < -0.3 is 9.88 Å². The van der Waals surface area contributed by atoms with Gasteiger partial charge in [-0.05, 0) is 56.0 Å². The Balaban J connectivity index is 1.23. The number of para-hydroxylation sites is 1. The normalized spacial score (nSPS) is 22.1. The first-order chi connectivity index (χ1) is 13.3. The predicted molar refractivity (Wildman–Crippen MR) is 107 cm³/mol. The van der Waals surface area contributed by atoms with E-state index in [4.69, 9.17) is 9.97 Å². The zero-order valence-corrected chi connectivity index (χ0v) is 15.0. The minimum atomic E-state index is 0.455. The Kier molecular flexibility index (Phi) is 3.24. The van der Waals surface area contributed by atoms with Crippen LogP contribution in [0.5, 0.6) is 0 Å². The fourth-order valence-electron chi connectivity index (χ4n) is 4.21. The molecule has 0 spiro atoms. The molecule has 2 fully saturated rings. The molecule has 0 amide bonds. The van der Waals surface area contributed by atoms with Gasteiger partial charge in [-0.2, -0.15) is 0 Å². The maximum atomic E-state index is 4.89. The second kappa shape index (κ2) is 5.78. The molecule has 0 atom stereocenters. The van der Waals surface area contributed by atoms with Gasteiger partial charge in [-0.15, -0.1) is 0 Å². The summed E-state index contributed by atoms with van der Waals surface area (Å²) >= 11 is 0. The first-order valence-corrected chi connectivity index (χ1v) is 9.80. The molecule has 3 aromatic heterocycles. The van der Waals surface area contributed by atoms with E-state index in [1.165, 1.54) is 24.1 Å². The molecule has 0 saturated heterocycles. The summed E-state index contributed by atoms with van der Waals surface area (Å²) in [6.07, 6.45) is 6.59. The van der Waals surface area contributed by atoms with E-state index in [-0.39, 0.29) is 0 Å². The van der Waals surface area contributed by atoms with Crippen molar-refractivity contribution in [1.29, 1.82) is 0 Å². The molecular formula is C22H21N5. The van der Waals surface area contributed by atoms with Crippen LogP contribution < -0.4 is 5.32 Å². The third-order valence-electron chi connectivity index (χ3n) is 5.85. The van der Waals surface area contributed by atoms with Crippen molar-refractivity contribution in [3.63, 3.8) is 0 Å². The zero-order valence-electron chi connectivity index (χ0n) is 15.0. The topological polar surface area (TPSA) is 55.6 Å². The molecule has 4 aromatic rings. The van der Waals surface area contributed by atoms with Crippen molar-refractivity contribution in [3.05, 3.63) is 60.6 Å². The molecule has 1 N–H and O–H groups in total. The Bertz CT molecular complexity index is 1140. The van der Waals surface area contributed by atoms with Crippen LogP contribution in [-0.2, 0) is 0 Å². The van der Waals surface area contributed by atoms with E-state index >= 15 is 0 Å². The predicted octanol–water partition coefficient (Wildman–Crippen LogP) is 4.67. The van der Waals surface area contributed by atoms with Gasteiger partial charge in [0.25, 0.3) is 0 Å². The molecule has 5 nitrogen and oxygen atoms in total. The van der Waals surface area contributed by atoms with E-state index < -0.39 is 0 Å². The first kappa shape index (κ1) is 15.1. The van der Waals surface area contributed by atoms with E-state index in [0.29, 0.717) is 18.0 Å². The van der Waals surface area contributed by atoms with Gasteiger partial charge in [-0.25, -0.2) is 15.0 Å². The SMILES string of the molecule is c1ccc2nc(N[C@H]3C[C@H](n4c(C5CC5)nc5cccnc54)C3)ccc2c1. The minimum Gasteiger partial charge on any atom is -0.367 e.